The van der Waals surface area contributed by atoms with Gasteiger partial charge in [-0.05, 0) is 31.2 Å². The zero-order valence-electron chi connectivity index (χ0n) is 14.3. The number of nitrogens with zero attached hydrogens (tertiary/aromatic N) is 4. The van der Waals surface area contributed by atoms with E-state index < -0.39 is 0 Å². The van der Waals surface area contributed by atoms with Crippen molar-refractivity contribution < 1.29 is 13.7 Å². The van der Waals surface area contributed by atoms with Gasteiger partial charge in [-0.25, -0.2) is 4.98 Å². The van der Waals surface area contributed by atoms with Gasteiger partial charge in [0.25, 0.3) is 5.89 Å². The van der Waals surface area contributed by atoms with Crippen LogP contribution in [-0.4, -0.2) is 27.2 Å². The number of ether oxygens (including phenoxy) is 1. The molecule has 0 radical (unpaired) electrons. The predicted molar refractivity (Wildman–Crippen MR) is 93.6 cm³/mol. The largest absolute Gasteiger partial charge is 0.496 e. The molecule has 7 nitrogen and oxygen atoms in total. The summed E-state index contributed by atoms with van der Waals surface area (Å²) in [5.74, 6) is 2.88. The molecule has 4 rings (SSSR count). The first-order valence-corrected chi connectivity index (χ1v) is 8.07. The topological polar surface area (TPSA) is 87.1 Å². The number of oxazole rings is 1. The molecular formula is C19H16N4O3. The van der Waals surface area contributed by atoms with Crippen molar-refractivity contribution in [3.8, 4) is 28.7 Å². The lowest BCUT2D eigenvalue weighted by atomic mass is 10.2. The molecule has 0 unspecified atom stereocenters. The second-order valence-electron chi connectivity index (χ2n) is 5.66. The molecule has 0 aliphatic heterocycles. The number of aryl methyl sites for hydroxylation is 1. The summed E-state index contributed by atoms with van der Waals surface area (Å²) >= 11 is 0. The molecule has 0 spiro atoms. The summed E-state index contributed by atoms with van der Waals surface area (Å²) in [5, 5.41) is 4.02. The zero-order valence-corrected chi connectivity index (χ0v) is 14.3. The fourth-order valence-electron chi connectivity index (χ4n) is 2.61. The number of rotatable bonds is 5. The van der Waals surface area contributed by atoms with Gasteiger partial charge in [0, 0.05) is 12.4 Å². The van der Waals surface area contributed by atoms with Crippen LogP contribution in [0.5, 0.6) is 5.75 Å². The summed E-state index contributed by atoms with van der Waals surface area (Å²) in [6.07, 6.45) is 3.78. The number of methoxy groups -OCH3 is 1. The maximum atomic E-state index is 5.82. The molecule has 26 heavy (non-hydrogen) atoms. The van der Waals surface area contributed by atoms with Crippen LogP contribution in [-0.2, 0) is 6.42 Å². The Morgan fingerprint density at radius 1 is 1.04 bits per heavy atom. The zero-order chi connectivity index (χ0) is 17.9. The fourth-order valence-corrected chi connectivity index (χ4v) is 2.61. The van der Waals surface area contributed by atoms with Crippen LogP contribution in [0.2, 0.25) is 0 Å². The van der Waals surface area contributed by atoms with Crippen LogP contribution in [0.3, 0.4) is 0 Å². The van der Waals surface area contributed by atoms with Crippen molar-refractivity contribution in [1.29, 1.82) is 0 Å². The monoisotopic (exact) mass is 348 g/mol. The Hall–Kier alpha value is -3.48. The van der Waals surface area contributed by atoms with Crippen LogP contribution in [0.15, 0.2) is 57.7 Å². The third kappa shape index (κ3) is 3.06. The Morgan fingerprint density at radius 2 is 1.92 bits per heavy atom. The van der Waals surface area contributed by atoms with Crippen LogP contribution >= 0.6 is 0 Å². The molecule has 0 amide bonds. The van der Waals surface area contributed by atoms with E-state index in [-0.39, 0.29) is 0 Å². The minimum Gasteiger partial charge on any atom is -0.496 e. The first-order chi connectivity index (χ1) is 12.7. The third-order valence-corrected chi connectivity index (χ3v) is 3.93. The van der Waals surface area contributed by atoms with Gasteiger partial charge < -0.3 is 13.7 Å². The van der Waals surface area contributed by atoms with E-state index in [2.05, 4.69) is 20.1 Å². The van der Waals surface area contributed by atoms with Gasteiger partial charge >= 0.3 is 0 Å². The lowest BCUT2D eigenvalue weighted by molar-refractivity contribution is 0.414. The van der Waals surface area contributed by atoms with Crippen LogP contribution in [0.1, 0.15) is 17.3 Å². The minimum atomic E-state index is 0.411. The Kier molecular flexibility index (Phi) is 4.18. The Morgan fingerprint density at radius 3 is 2.73 bits per heavy atom. The van der Waals surface area contributed by atoms with Gasteiger partial charge in [0.1, 0.15) is 11.5 Å². The van der Waals surface area contributed by atoms with Gasteiger partial charge in [0.05, 0.1) is 30.4 Å². The molecule has 3 heterocycles. The summed E-state index contributed by atoms with van der Waals surface area (Å²) < 4.78 is 16.5. The van der Waals surface area contributed by atoms with Crippen molar-refractivity contribution in [3.63, 3.8) is 0 Å². The van der Waals surface area contributed by atoms with Gasteiger partial charge in [-0.1, -0.05) is 17.3 Å². The molecule has 0 aliphatic rings. The van der Waals surface area contributed by atoms with Gasteiger partial charge in [0.2, 0.25) is 5.89 Å². The highest BCUT2D eigenvalue weighted by Gasteiger charge is 2.17. The van der Waals surface area contributed by atoms with E-state index in [0.717, 1.165) is 16.8 Å². The quantitative estimate of drug-likeness (QED) is 0.543. The summed E-state index contributed by atoms with van der Waals surface area (Å²) in [6.45, 7) is 1.86. The maximum absolute atomic E-state index is 5.82. The number of benzene rings is 1. The number of hydrogen-bond acceptors (Lipinski definition) is 7. The van der Waals surface area contributed by atoms with Crippen molar-refractivity contribution in [2.24, 2.45) is 0 Å². The van der Waals surface area contributed by atoms with Crippen LogP contribution in [0, 0.1) is 6.92 Å². The number of aromatic nitrogens is 4. The minimum absolute atomic E-state index is 0.411. The van der Waals surface area contributed by atoms with E-state index in [9.17, 15) is 0 Å². The molecule has 3 aromatic heterocycles. The lowest BCUT2D eigenvalue weighted by Gasteiger charge is -2.03. The number of hydrogen-bond donors (Lipinski definition) is 0. The molecule has 130 valence electrons. The molecule has 0 fully saturated rings. The second-order valence-corrected chi connectivity index (χ2v) is 5.66. The Balaban J connectivity index is 1.60. The van der Waals surface area contributed by atoms with Crippen molar-refractivity contribution in [2.75, 3.05) is 7.11 Å². The SMILES string of the molecule is COc1ccccc1-c1nc(Cc2noc(-c3cccnc3)n2)c(C)o1. The molecule has 0 atom stereocenters. The first-order valence-electron chi connectivity index (χ1n) is 8.07. The molecule has 0 saturated carbocycles. The summed E-state index contributed by atoms with van der Waals surface area (Å²) in [4.78, 5) is 13.0. The van der Waals surface area contributed by atoms with E-state index in [1.54, 1.807) is 19.5 Å². The molecule has 0 saturated heterocycles. The average Bonchev–Trinajstić information content (AvgIpc) is 3.30. The van der Waals surface area contributed by atoms with Crippen LogP contribution in [0.25, 0.3) is 22.9 Å². The number of para-hydroxylation sites is 1. The van der Waals surface area contributed by atoms with Gasteiger partial charge in [-0.2, -0.15) is 4.98 Å². The molecule has 0 bridgehead atoms. The highest BCUT2D eigenvalue weighted by Crippen LogP contribution is 2.30. The van der Waals surface area contributed by atoms with Gasteiger partial charge in [-0.3, -0.25) is 4.98 Å². The second kappa shape index (κ2) is 6.79. The average molecular weight is 348 g/mol. The molecule has 4 aromatic rings. The molecule has 0 N–H and O–H groups in total. The summed E-state index contributed by atoms with van der Waals surface area (Å²) in [5.41, 5.74) is 2.33. The van der Waals surface area contributed by atoms with Gasteiger partial charge in [0.15, 0.2) is 5.82 Å². The van der Waals surface area contributed by atoms with Crippen molar-refractivity contribution in [1.82, 2.24) is 20.1 Å². The maximum Gasteiger partial charge on any atom is 0.259 e. The molecule has 7 heteroatoms. The van der Waals surface area contributed by atoms with Crippen LogP contribution < -0.4 is 4.74 Å². The lowest BCUT2D eigenvalue weighted by Crippen LogP contribution is -1.94. The highest BCUT2D eigenvalue weighted by atomic mass is 16.5. The fraction of sp³-hybridized carbons (Fsp3) is 0.158. The summed E-state index contributed by atoms with van der Waals surface area (Å²) in [6, 6.07) is 11.3. The molecular weight excluding hydrogens is 332 g/mol. The predicted octanol–water partition coefficient (Wildman–Crippen LogP) is 3.69. The number of pyridine rings is 1. The normalized spacial score (nSPS) is 10.8. The smallest absolute Gasteiger partial charge is 0.259 e. The van der Waals surface area contributed by atoms with E-state index in [0.29, 0.717) is 35.5 Å². The van der Waals surface area contributed by atoms with E-state index in [1.807, 2.05) is 43.3 Å². The molecule has 0 aliphatic carbocycles. The van der Waals surface area contributed by atoms with Crippen molar-refractivity contribution >= 4 is 0 Å². The van der Waals surface area contributed by atoms with Crippen molar-refractivity contribution in [3.05, 3.63) is 66.1 Å². The third-order valence-electron chi connectivity index (χ3n) is 3.93. The summed E-state index contributed by atoms with van der Waals surface area (Å²) in [7, 11) is 1.62. The molecule has 1 aromatic carbocycles. The standard InChI is InChI=1S/C19H16N4O3/c1-12-15(21-19(25-12)14-7-3-4-8-16(14)24-2)10-17-22-18(26-23-17)13-6-5-9-20-11-13/h3-9,11H,10H2,1-2H3. The highest BCUT2D eigenvalue weighted by molar-refractivity contribution is 5.63. The van der Waals surface area contributed by atoms with E-state index >= 15 is 0 Å². The van der Waals surface area contributed by atoms with Crippen LogP contribution in [0.4, 0.5) is 0 Å². The Labute approximate surface area is 149 Å². The van der Waals surface area contributed by atoms with Gasteiger partial charge in [-0.15, -0.1) is 0 Å². The van der Waals surface area contributed by atoms with E-state index in [1.165, 1.54) is 0 Å². The first kappa shape index (κ1) is 16.0. The van der Waals surface area contributed by atoms with Crippen molar-refractivity contribution in [2.45, 2.75) is 13.3 Å². The Bertz CT molecular complexity index is 1020. The van der Waals surface area contributed by atoms with E-state index in [4.69, 9.17) is 13.7 Å².